The number of carbonyl (C=O) groups excluding carboxylic acids is 1. The molecule has 1 rings (SSSR count). The molecule has 0 radical (unpaired) electrons. The molecule has 1 aromatic rings. The van der Waals surface area contributed by atoms with Gasteiger partial charge in [0, 0.05) is 12.8 Å². The summed E-state index contributed by atoms with van der Waals surface area (Å²) in [6.07, 6.45) is 0.671. The summed E-state index contributed by atoms with van der Waals surface area (Å²) in [7, 11) is 3.20. The van der Waals surface area contributed by atoms with Gasteiger partial charge in [-0.2, -0.15) is 0 Å². The summed E-state index contributed by atoms with van der Waals surface area (Å²) in [4.78, 5) is 12.4. The molecule has 0 aliphatic carbocycles. The lowest BCUT2D eigenvalue weighted by Crippen LogP contribution is -2.43. The van der Waals surface area contributed by atoms with Gasteiger partial charge in [0.25, 0.3) is 5.91 Å². The van der Waals surface area contributed by atoms with Crippen molar-refractivity contribution < 1.29 is 14.3 Å². The van der Waals surface area contributed by atoms with Crippen molar-refractivity contribution >= 4 is 11.6 Å². The normalized spacial score (nSPS) is 13.9. The molecule has 0 saturated heterocycles. The molecule has 0 heterocycles. The van der Waals surface area contributed by atoms with Crippen molar-refractivity contribution in [3.8, 4) is 5.75 Å². The molecular weight excluding hydrogens is 254 g/mol. The van der Waals surface area contributed by atoms with Crippen molar-refractivity contribution in [2.45, 2.75) is 39.7 Å². The zero-order chi connectivity index (χ0) is 15.3. The third-order valence-electron chi connectivity index (χ3n) is 3.38. The first kappa shape index (κ1) is 16.5. The van der Waals surface area contributed by atoms with Crippen LogP contribution in [0.1, 0.15) is 32.8 Å². The molecule has 0 saturated carbocycles. The largest absolute Gasteiger partial charge is 0.496 e. The molecule has 0 aliphatic rings. The summed E-state index contributed by atoms with van der Waals surface area (Å²) in [5, 5.41) is 2.91. The van der Waals surface area contributed by atoms with Gasteiger partial charge < -0.3 is 14.8 Å². The van der Waals surface area contributed by atoms with E-state index in [1.54, 1.807) is 14.2 Å². The van der Waals surface area contributed by atoms with Crippen LogP contribution in [0.15, 0.2) is 18.2 Å². The van der Waals surface area contributed by atoms with E-state index in [0.29, 0.717) is 12.3 Å². The maximum absolute atomic E-state index is 12.4. The molecule has 0 bridgehead atoms. The topological polar surface area (TPSA) is 47.6 Å². The van der Waals surface area contributed by atoms with E-state index in [1.807, 2.05) is 32.0 Å². The molecule has 4 nitrogen and oxygen atoms in total. The molecule has 0 fully saturated rings. The predicted molar refractivity (Wildman–Crippen MR) is 81.2 cm³/mol. The van der Waals surface area contributed by atoms with E-state index in [-0.39, 0.29) is 5.91 Å². The number of nitrogens with one attached hydrogen (secondary N) is 1. The molecule has 4 heteroatoms. The van der Waals surface area contributed by atoms with Gasteiger partial charge in [0.05, 0.1) is 7.11 Å². The van der Waals surface area contributed by atoms with Crippen molar-refractivity contribution in [2.24, 2.45) is 5.92 Å². The van der Waals surface area contributed by atoms with Gasteiger partial charge in [-0.25, -0.2) is 0 Å². The summed E-state index contributed by atoms with van der Waals surface area (Å²) < 4.78 is 10.6. The average Bonchev–Trinajstić information content (AvgIpc) is 2.38. The van der Waals surface area contributed by atoms with E-state index in [9.17, 15) is 4.79 Å². The molecular formula is C16H25NO3. The molecule has 1 aromatic carbocycles. The third kappa shape index (κ3) is 3.97. The Morgan fingerprint density at radius 2 is 2.00 bits per heavy atom. The first-order chi connectivity index (χ1) is 9.32. The Bertz CT molecular complexity index is 471. The number of ether oxygens (including phenoxy) is 2. The quantitative estimate of drug-likeness (QED) is 0.868. The molecule has 0 aromatic heterocycles. The van der Waals surface area contributed by atoms with Gasteiger partial charge in [0.2, 0.25) is 0 Å². The Kier molecular flexibility index (Phi) is 5.57. The third-order valence-corrected chi connectivity index (χ3v) is 3.38. The molecule has 20 heavy (non-hydrogen) atoms. The van der Waals surface area contributed by atoms with E-state index in [1.165, 1.54) is 0 Å². The average molecular weight is 279 g/mol. The number of anilines is 1. The Balaban J connectivity index is 2.86. The monoisotopic (exact) mass is 279 g/mol. The molecule has 0 aliphatic heterocycles. The Morgan fingerprint density at radius 3 is 2.45 bits per heavy atom. The number of methoxy groups -OCH3 is 2. The predicted octanol–water partition coefficient (Wildman–Crippen LogP) is 3.39. The van der Waals surface area contributed by atoms with Crippen LogP contribution in [0.4, 0.5) is 5.69 Å². The van der Waals surface area contributed by atoms with Gasteiger partial charge in [-0.05, 0) is 49.9 Å². The molecule has 0 spiro atoms. The van der Waals surface area contributed by atoms with Crippen LogP contribution in [0.3, 0.4) is 0 Å². The second-order valence-electron chi connectivity index (χ2n) is 5.67. The number of benzene rings is 1. The first-order valence-corrected chi connectivity index (χ1v) is 6.83. The summed E-state index contributed by atoms with van der Waals surface area (Å²) in [6.45, 7) is 7.90. The lowest BCUT2D eigenvalue weighted by Gasteiger charge is -2.28. The van der Waals surface area contributed by atoms with Gasteiger partial charge in [0.1, 0.15) is 11.4 Å². The van der Waals surface area contributed by atoms with Crippen molar-refractivity contribution in [3.63, 3.8) is 0 Å². The number of carbonyl (C=O) groups is 1. The van der Waals surface area contributed by atoms with Crippen molar-refractivity contribution in [3.05, 3.63) is 23.8 Å². The van der Waals surface area contributed by atoms with Crippen molar-refractivity contribution in [1.29, 1.82) is 0 Å². The standard InChI is InChI=1S/C16H25NO3/c1-11(2)10-16(4,20-6)15(18)17-13-7-8-14(19-5)12(3)9-13/h7-9,11H,10H2,1-6H3,(H,17,18)/t16-/m1/s1. The first-order valence-electron chi connectivity index (χ1n) is 6.83. The van der Waals surface area contributed by atoms with Crippen LogP contribution < -0.4 is 10.1 Å². The highest BCUT2D eigenvalue weighted by Gasteiger charge is 2.33. The highest BCUT2D eigenvalue weighted by atomic mass is 16.5. The van der Waals surface area contributed by atoms with Gasteiger partial charge in [0.15, 0.2) is 0 Å². The molecule has 1 N–H and O–H groups in total. The van der Waals surface area contributed by atoms with Gasteiger partial charge in [-0.15, -0.1) is 0 Å². The van der Waals surface area contributed by atoms with Crippen LogP contribution >= 0.6 is 0 Å². The second kappa shape index (κ2) is 6.75. The molecule has 112 valence electrons. The summed E-state index contributed by atoms with van der Waals surface area (Å²) >= 11 is 0. The Morgan fingerprint density at radius 1 is 1.35 bits per heavy atom. The smallest absolute Gasteiger partial charge is 0.256 e. The number of amides is 1. The van der Waals surface area contributed by atoms with E-state index in [2.05, 4.69) is 19.2 Å². The van der Waals surface area contributed by atoms with Gasteiger partial charge in [-0.3, -0.25) is 4.79 Å². The fourth-order valence-electron chi connectivity index (χ4n) is 2.27. The summed E-state index contributed by atoms with van der Waals surface area (Å²) in [5.74, 6) is 1.06. The van der Waals surface area contributed by atoms with Crippen LogP contribution in [0.25, 0.3) is 0 Å². The lowest BCUT2D eigenvalue weighted by molar-refractivity contribution is -0.137. The maximum atomic E-state index is 12.4. The van der Waals surface area contributed by atoms with Gasteiger partial charge in [-0.1, -0.05) is 13.8 Å². The number of aryl methyl sites for hydroxylation is 1. The highest BCUT2D eigenvalue weighted by Crippen LogP contribution is 2.25. The Hall–Kier alpha value is -1.55. The minimum atomic E-state index is -0.817. The fourth-order valence-corrected chi connectivity index (χ4v) is 2.27. The Labute approximate surface area is 121 Å². The highest BCUT2D eigenvalue weighted by molar-refractivity contribution is 5.97. The van der Waals surface area contributed by atoms with Crippen LogP contribution in [-0.2, 0) is 9.53 Å². The number of hydrogen-bond donors (Lipinski definition) is 1. The number of rotatable bonds is 6. The zero-order valence-corrected chi connectivity index (χ0v) is 13.2. The molecule has 0 unspecified atom stereocenters. The minimum Gasteiger partial charge on any atom is -0.496 e. The van der Waals surface area contributed by atoms with E-state index >= 15 is 0 Å². The van der Waals surface area contributed by atoms with Crippen LogP contribution in [0.5, 0.6) is 5.75 Å². The minimum absolute atomic E-state index is 0.127. The SMILES string of the molecule is COc1ccc(NC(=O)[C@@](C)(CC(C)C)OC)cc1C. The summed E-state index contributed by atoms with van der Waals surface area (Å²) in [6, 6.07) is 5.56. The van der Waals surface area contributed by atoms with E-state index < -0.39 is 5.60 Å². The van der Waals surface area contributed by atoms with Crippen LogP contribution in [0, 0.1) is 12.8 Å². The zero-order valence-electron chi connectivity index (χ0n) is 13.2. The maximum Gasteiger partial charge on any atom is 0.256 e. The van der Waals surface area contributed by atoms with Crippen LogP contribution in [0.2, 0.25) is 0 Å². The lowest BCUT2D eigenvalue weighted by atomic mass is 9.93. The van der Waals surface area contributed by atoms with E-state index in [4.69, 9.17) is 9.47 Å². The van der Waals surface area contributed by atoms with Crippen molar-refractivity contribution in [2.75, 3.05) is 19.5 Å². The van der Waals surface area contributed by atoms with E-state index in [0.717, 1.165) is 17.0 Å². The fraction of sp³-hybridized carbons (Fsp3) is 0.562. The van der Waals surface area contributed by atoms with Crippen LogP contribution in [-0.4, -0.2) is 25.7 Å². The molecule has 1 amide bonds. The summed E-state index contributed by atoms with van der Waals surface area (Å²) in [5.41, 5.74) is 0.913. The second-order valence-corrected chi connectivity index (χ2v) is 5.67. The number of hydrogen-bond acceptors (Lipinski definition) is 3. The van der Waals surface area contributed by atoms with Crippen molar-refractivity contribution in [1.82, 2.24) is 0 Å². The van der Waals surface area contributed by atoms with Gasteiger partial charge >= 0.3 is 0 Å². The molecule has 1 atom stereocenters.